The number of allylic oxidation sites excluding steroid dienone is 5. The molecule has 2 heteroatoms. The van der Waals surface area contributed by atoms with Gasteiger partial charge in [0, 0.05) is 39.4 Å². The predicted octanol–water partition coefficient (Wildman–Crippen LogP) is 15.7. The van der Waals surface area contributed by atoms with Gasteiger partial charge in [0.2, 0.25) is 0 Å². The molecule has 3 aliphatic rings. The Bertz CT molecular complexity index is 3260. The zero-order valence-corrected chi connectivity index (χ0v) is 35.1. The summed E-state index contributed by atoms with van der Waals surface area (Å²) in [7, 11) is 0. The number of aromatic nitrogens is 1. The summed E-state index contributed by atoms with van der Waals surface area (Å²) in [4.78, 5) is 2.43. The molecule has 0 saturated carbocycles. The molecule has 0 amide bonds. The lowest BCUT2D eigenvalue weighted by Crippen LogP contribution is -2.35. The Labute approximate surface area is 370 Å². The van der Waals surface area contributed by atoms with Crippen molar-refractivity contribution in [2.24, 2.45) is 5.92 Å². The molecule has 1 aromatic heterocycles. The molecule has 8 aromatic carbocycles. The Hall–Kier alpha value is -7.68. The molecule has 0 fully saturated rings. The molecule has 12 rings (SSSR count). The summed E-state index contributed by atoms with van der Waals surface area (Å²) in [6.45, 7) is 0. The van der Waals surface area contributed by atoms with Gasteiger partial charge in [0.15, 0.2) is 0 Å². The highest BCUT2D eigenvalue weighted by Crippen LogP contribution is 2.59. The lowest BCUT2D eigenvalue weighted by Gasteiger charge is -2.39. The van der Waals surface area contributed by atoms with E-state index >= 15 is 0 Å². The molecular weight excluding hydrogens is 761 g/mol. The third-order valence-electron chi connectivity index (χ3n) is 13.8. The van der Waals surface area contributed by atoms with Crippen LogP contribution < -0.4 is 4.90 Å². The second kappa shape index (κ2) is 15.3. The molecule has 63 heavy (non-hydrogen) atoms. The molecule has 0 aliphatic heterocycles. The van der Waals surface area contributed by atoms with E-state index in [-0.39, 0.29) is 11.3 Å². The van der Waals surface area contributed by atoms with Crippen LogP contribution in [0.4, 0.5) is 17.1 Å². The van der Waals surface area contributed by atoms with Crippen LogP contribution in [0.1, 0.15) is 46.4 Å². The van der Waals surface area contributed by atoms with Crippen LogP contribution in [-0.2, 0) is 11.8 Å². The molecular formula is C61H46N2. The predicted molar refractivity (Wildman–Crippen MR) is 264 cm³/mol. The van der Waals surface area contributed by atoms with Crippen molar-refractivity contribution >= 4 is 39.6 Å². The van der Waals surface area contributed by atoms with E-state index < -0.39 is 0 Å². The second-order valence-electron chi connectivity index (χ2n) is 17.1. The highest BCUT2D eigenvalue weighted by atomic mass is 15.1. The van der Waals surface area contributed by atoms with Crippen molar-refractivity contribution in [2.45, 2.75) is 24.7 Å². The van der Waals surface area contributed by atoms with Gasteiger partial charge in [-0.3, -0.25) is 0 Å². The largest absolute Gasteiger partial charge is 0.313 e. The minimum absolute atomic E-state index is 0.289. The van der Waals surface area contributed by atoms with Gasteiger partial charge in [0.05, 0.1) is 10.9 Å². The van der Waals surface area contributed by atoms with E-state index in [1.54, 1.807) is 0 Å². The second-order valence-corrected chi connectivity index (χ2v) is 17.1. The van der Waals surface area contributed by atoms with Crippen molar-refractivity contribution in [2.75, 3.05) is 4.90 Å². The fourth-order valence-electron chi connectivity index (χ4n) is 11.0. The minimum atomic E-state index is -0.302. The molecule has 0 radical (unpaired) electrons. The van der Waals surface area contributed by atoms with E-state index in [0.717, 1.165) is 36.3 Å². The first-order valence-electron chi connectivity index (χ1n) is 22.3. The highest BCUT2D eigenvalue weighted by molar-refractivity contribution is 5.99. The van der Waals surface area contributed by atoms with Crippen molar-refractivity contribution in [1.29, 1.82) is 0 Å². The summed E-state index contributed by atoms with van der Waals surface area (Å²) in [6, 6.07) is 76.2. The van der Waals surface area contributed by atoms with Crippen molar-refractivity contribution in [1.82, 2.24) is 4.57 Å². The SMILES string of the molecule is C1=CCC(C2(c3ccccc3)c3ccccc3-c3cc(N(c4ccccc4)c4cccc(-c5cccc(C6=Cc7c(n(-c8ccccc8)c8ccccc78)CC6)c5)c4)ccc32)C=C1. The van der Waals surface area contributed by atoms with Gasteiger partial charge >= 0.3 is 0 Å². The quantitative estimate of drug-likeness (QED) is 0.148. The van der Waals surface area contributed by atoms with Crippen molar-refractivity contribution < 1.29 is 0 Å². The number of nitrogens with zero attached hydrogens (tertiary/aromatic N) is 2. The summed E-state index contributed by atoms with van der Waals surface area (Å²) in [6.07, 6.45) is 14.6. The Morgan fingerprint density at radius 2 is 1.16 bits per heavy atom. The highest BCUT2D eigenvalue weighted by Gasteiger charge is 2.49. The van der Waals surface area contributed by atoms with Crippen LogP contribution in [0, 0.1) is 5.92 Å². The van der Waals surface area contributed by atoms with Gasteiger partial charge in [-0.15, -0.1) is 0 Å². The lowest BCUT2D eigenvalue weighted by molar-refractivity contribution is 0.457. The van der Waals surface area contributed by atoms with Gasteiger partial charge in [-0.2, -0.15) is 0 Å². The normalized spacial score (nSPS) is 17.2. The average Bonchev–Trinajstić information content (AvgIpc) is 3.86. The number of hydrogen-bond donors (Lipinski definition) is 0. The molecule has 1 heterocycles. The number of fused-ring (bicyclic) bond motifs is 6. The maximum Gasteiger partial charge on any atom is 0.0537 e. The first-order chi connectivity index (χ1) is 31.3. The molecule has 3 aliphatic carbocycles. The van der Waals surface area contributed by atoms with Crippen LogP contribution in [0.3, 0.4) is 0 Å². The third-order valence-corrected chi connectivity index (χ3v) is 13.8. The number of para-hydroxylation sites is 3. The van der Waals surface area contributed by atoms with E-state index in [1.165, 1.54) is 77.9 Å². The molecule has 2 unspecified atom stereocenters. The Morgan fingerprint density at radius 1 is 0.492 bits per heavy atom. The van der Waals surface area contributed by atoms with Crippen molar-refractivity contribution in [3.63, 3.8) is 0 Å². The molecule has 300 valence electrons. The van der Waals surface area contributed by atoms with Crippen LogP contribution in [0.2, 0.25) is 0 Å². The smallest absolute Gasteiger partial charge is 0.0537 e. The fourth-order valence-corrected chi connectivity index (χ4v) is 11.0. The van der Waals surface area contributed by atoms with Crippen molar-refractivity contribution in [3.05, 3.63) is 264 Å². The zero-order chi connectivity index (χ0) is 41.7. The number of anilines is 3. The molecule has 0 spiro atoms. The molecule has 9 aromatic rings. The molecule has 0 saturated heterocycles. The van der Waals surface area contributed by atoms with Crippen LogP contribution in [0.15, 0.2) is 231 Å². The topological polar surface area (TPSA) is 8.17 Å². The number of rotatable bonds is 8. The van der Waals surface area contributed by atoms with Gasteiger partial charge in [0.25, 0.3) is 0 Å². The van der Waals surface area contributed by atoms with E-state index in [1.807, 2.05) is 0 Å². The first kappa shape index (κ1) is 37.1. The number of benzene rings is 8. The Kier molecular flexibility index (Phi) is 9.04. The van der Waals surface area contributed by atoms with Crippen LogP contribution in [-0.4, -0.2) is 4.57 Å². The summed E-state index contributed by atoms with van der Waals surface area (Å²) in [5.74, 6) is 0.289. The van der Waals surface area contributed by atoms with Gasteiger partial charge in [-0.25, -0.2) is 0 Å². The van der Waals surface area contributed by atoms with Gasteiger partial charge < -0.3 is 9.47 Å². The third kappa shape index (κ3) is 6.09. The van der Waals surface area contributed by atoms with Crippen molar-refractivity contribution in [3.8, 4) is 27.9 Å². The van der Waals surface area contributed by atoms with E-state index in [0.29, 0.717) is 0 Å². The summed E-state index contributed by atoms with van der Waals surface area (Å²) < 4.78 is 2.46. The van der Waals surface area contributed by atoms with Crippen LogP contribution in [0.5, 0.6) is 0 Å². The van der Waals surface area contributed by atoms with E-state index in [9.17, 15) is 0 Å². The Balaban J connectivity index is 0.951. The maximum atomic E-state index is 2.46. The standard InChI is InChI=1S/C61H46N2/c1-5-22-47(23-6-1)61(48-24-7-2-8-25-48)57-33-15-13-31-53(57)55-42-52(36-37-58(55)61)62(49-26-9-3-10-27-49)51-30-18-21-45(40-51)43-19-17-20-44(39-43)46-35-38-60-56(41-46)54-32-14-16-34-59(54)63(60)50-28-11-4-12-29-50/h1-24,26-34,36-37,39-42,48H,25,35,38H2. The van der Waals surface area contributed by atoms with Crippen LogP contribution in [0.25, 0.3) is 50.5 Å². The summed E-state index contributed by atoms with van der Waals surface area (Å²) in [5.41, 5.74) is 20.1. The average molecular weight is 807 g/mol. The summed E-state index contributed by atoms with van der Waals surface area (Å²) in [5, 5.41) is 1.31. The molecule has 0 bridgehead atoms. The number of hydrogen-bond acceptors (Lipinski definition) is 1. The van der Waals surface area contributed by atoms with Crippen LogP contribution >= 0.6 is 0 Å². The maximum absolute atomic E-state index is 2.46. The first-order valence-corrected chi connectivity index (χ1v) is 22.3. The van der Waals surface area contributed by atoms with Gasteiger partial charge in [0.1, 0.15) is 0 Å². The molecule has 2 atom stereocenters. The van der Waals surface area contributed by atoms with Gasteiger partial charge in [-0.05, 0) is 142 Å². The summed E-state index contributed by atoms with van der Waals surface area (Å²) >= 11 is 0. The van der Waals surface area contributed by atoms with E-state index in [2.05, 4.69) is 246 Å². The van der Waals surface area contributed by atoms with E-state index in [4.69, 9.17) is 0 Å². The fraction of sp³-hybridized carbons (Fsp3) is 0.0820. The Morgan fingerprint density at radius 3 is 1.98 bits per heavy atom. The lowest BCUT2D eigenvalue weighted by atomic mass is 9.62. The monoisotopic (exact) mass is 806 g/mol. The molecule has 0 N–H and O–H groups in total. The molecule has 2 nitrogen and oxygen atoms in total. The van der Waals surface area contributed by atoms with Gasteiger partial charge in [-0.1, -0.05) is 170 Å². The zero-order valence-electron chi connectivity index (χ0n) is 35.1. The minimum Gasteiger partial charge on any atom is -0.313 e.